The van der Waals surface area contributed by atoms with Crippen molar-refractivity contribution in [3.05, 3.63) is 23.3 Å². The Balaban J connectivity index is 3.33. The maximum atomic E-state index is 12.7. The van der Waals surface area contributed by atoms with Crippen LogP contribution in [-0.4, -0.2) is 25.7 Å². The van der Waals surface area contributed by atoms with E-state index in [1.165, 1.54) is 0 Å². The van der Waals surface area contributed by atoms with E-state index in [9.17, 15) is 8.42 Å². The van der Waals surface area contributed by atoms with Crippen molar-refractivity contribution < 1.29 is 13.5 Å². The SMILES string of the molecule is CCc1cc(N)c(CC)c(S(=O)(=O)NC(C)(C)CCO)c1. The number of sulfonamides is 1. The van der Waals surface area contributed by atoms with Crippen LogP contribution < -0.4 is 10.5 Å². The number of aryl methyl sites for hydroxylation is 1. The van der Waals surface area contributed by atoms with E-state index in [-0.39, 0.29) is 11.5 Å². The molecule has 0 saturated carbocycles. The first kappa shape index (κ1) is 17.9. The number of rotatable bonds is 7. The molecule has 0 saturated heterocycles. The number of nitrogens with two attached hydrogens (primary N) is 1. The monoisotopic (exact) mass is 314 g/mol. The molecule has 1 aromatic carbocycles. The van der Waals surface area contributed by atoms with Crippen molar-refractivity contribution in [1.82, 2.24) is 4.72 Å². The molecule has 0 radical (unpaired) electrons. The van der Waals surface area contributed by atoms with Crippen molar-refractivity contribution in [2.75, 3.05) is 12.3 Å². The molecule has 0 aliphatic rings. The maximum Gasteiger partial charge on any atom is 0.241 e. The maximum absolute atomic E-state index is 12.7. The van der Waals surface area contributed by atoms with Gasteiger partial charge in [0.25, 0.3) is 0 Å². The normalized spacial score (nSPS) is 12.6. The van der Waals surface area contributed by atoms with E-state index in [0.29, 0.717) is 24.1 Å². The Kier molecular flexibility index (Phi) is 5.78. The molecule has 21 heavy (non-hydrogen) atoms. The van der Waals surface area contributed by atoms with E-state index >= 15 is 0 Å². The molecule has 0 bridgehead atoms. The molecule has 4 N–H and O–H groups in total. The van der Waals surface area contributed by atoms with Gasteiger partial charge in [0, 0.05) is 17.8 Å². The van der Waals surface area contributed by atoms with Gasteiger partial charge in [0.15, 0.2) is 0 Å². The van der Waals surface area contributed by atoms with E-state index in [1.807, 2.05) is 19.9 Å². The van der Waals surface area contributed by atoms with Crippen LogP contribution in [0.5, 0.6) is 0 Å². The van der Waals surface area contributed by atoms with Crippen LogP contribution in [-0.2, 0) is 22.9 Å². The predicted octanol–water partition coefficient (Wildman–Crippen LogP) is 1.83. The van der Waals surface area contributed by atoms with E-state index in [4.69, 9.17) is 10.8 Å². The average molecular weight is 314 g/mol. The minimum atomic E-state index is -3.68. The molecule has 0 amide bonds. The van der Waals surface area contributed by atoms with Gasteiger partial charge < -0.3 is 10.8 Å². The van der Waals surface area contributed by atoms with Gasteiger partial charge >= 0.3 is 0 Å². The van der Waals surface area contributed by atoms with E-state index in [1.54, 1.807) is 19.9 Å². The summed E-state index contributed by atoms with van der Waals surface area (Å²) in [6, 6.07) is 3.52. The second kappa shape index (κ2) is 6.77. The Hall–Kier alpha value is -1.11. The fourth-order valence-corrected chi connectivity index (χ4v) is 4.13. The van der Waals surface area contributed by atoms with Gasteiger partial charge in [-0.3, -0.25) is 0 Å². The number of hydrogen-bond acceptors (Lipinski definition) is 4. The summed E-state index contributed by atoms with van der Waals surface area (Å²) in [6.07, 6.45) is 1.61. The Bertz CT molecular complexity index is 595. The van der Waals surface area contributed by atoms with Crippen LogP contribution >= 0.6 is 0 Å². The summed E-state index contributed by atoms with van der Waals surface area (Å²) in [5, 5.41) is 9.04. The van der Waals surface area contributed by atoms with Crippen molar-refractivity contribution in [2.24, 2.45) is 0 Å². The first-order valence-corrected chi connectivity index (χ1v) is 8.71. The van der Waals surface area contributed by atoms with E-state index in [0.717, 1.165) is 12.0 Å². The molecule has 0 unspecified atom stereocenters. The topological polar surface area (TPSA) is 92.4 Å². The van der Waals surface area contributed by atoms with Crippen molar-refractivity contribution in [3.8, 4) is 0 Å². The quantitative estimate of drug-likeness (QED) is 0.670. The Labute approximate surface area is 127 Å². The molecular formula is C15H26N2O3S. The first-order valence-electron chi connectivity index (χ1n) is 7.23. The van der Waals surface area contributed by atoms with Crippen molar-refractivity contribution in [2.45, 2.75) is 57.4 Å². The Morgan fingerprint density at radius 3 is 2.33 bits per heavy atom. The summed E-state index contributed by atoms with van der Waals surface area (Å²) < 4.78 is 28.0. The van der Waals surface area contributed by atoms with Gasteiger partial charge in [-0.2, -0.15) is 0 Å². The van der Waals surface area contributed by atoms with Gasteiger partial charge in [-0.05, 0) is 56.4 Å². The number of anilines is 1. The molecule has 0 atom stereocenters. The predicted molar refractivity (Wildman–Crippen MR) is 85.7 cm³/mol. The Morgan fingerprint density at radius 2 is 1.86 bits per heavy atom. The third-order valence-corrected chi connectivity index (χ3v) is 5.27. The Morgan fingerprint density at radius 1 is 1.24 bits per heavy atom. The molecule has 0 fully saturated rings. The molecular weight excluding hydrogens is 288 g/mol. The highest BCUT2D eigenvalue weighted by Gasteiger charge is 2.28. The number of nitrogens with one attached hydrogen (secondary N) is 1. The molecule has 6 heteroatoms. The standard InChI is InChI=1S/C15H26N2O3S/c1-5-11-9-13(16)12(6-2)14(10-11)21(19,20)17-15(3,4)7-8-18/h9-10,17-18H,5-8,16H2,1-4H3. The van der Waals surface area contributed by atoms with Gasteiger partial charge in [-0.15, -0.1) is 0 Å². The molecule has 0 aliphatic heterocycles. The molecule has 0 aromatic heterocycles. The lowest BCUT2D eigenvalue weighted by Crippen LogP contribution is -2.44. The zero-order valence-corrected chi connectivity index (χ0v) is 14.0. The average Bonchev–Trinajstić information content (AvgIpc) is 2.36. The van der Waals surface area contributed by atoms with Gasteiger partial charge in [-0.25, -0.2) is 13.1 Å². The van der Waals surface area contributed by atoms with Crippen LogP contribution in [0.25, 0.3) is 0 Å². The highest BCUT2D eigenvalue weighted by Crippen LogP contribution is 2.26. The molecule has 1 rings (SSSR count). The van der Waals surface area contributed by atoms with Crippen molar-refractivity contribution in [3.63, 3.8) is 0 Å². The summed E-state index contributed by atoms with van der Waals surface area (Å²) in [7, 11) is -3.68. The lowest BCUT2D eigenvalue weighted by atomic mass is 10.0. The third-order valence-electron chi connectivity index (χ3n) is 3.50. The molecule has 5 nitrogen and oxygen atoms in total. The van der Waals surface area contributed by atoms with Crippen molar-refractivity contribution in [1.29, 1.82) is 0 Å². The summed E-state index contributed by atoms with van der Waals surface area (Å²) >= 11 is 0. The second-order valence-corrected chi connectivity index (χ2v) is 7.48. The number of aliphatic hydroxyl groups is 1. The van der Waals surface area contributed by atoms with Crippen LogP contribution in [0.15, 0.2) is 17.0 Å². The van der Waals surface area contributed by atoms with Gasteiger partial charge in [-0.1, -0.05) is 13.8 Å². The molecule has 0 spiro atoms. The zero-order chi connectivity index (χ0) is 16.3. The highest BCUT2D eigenvalue weighted by molar-refractivity contribution is 7.89. The van der Waals surface area contributed by atoms with Crippen LogP contribution in [0.4, 0.5) is 5.69 Å². The number of aliphatic hydroxyl groups excluding tert-OH is 1. The smallest absolute Gasteiger partial charge is 0.241 e. The second-order valence-electron chi connectivity index (χ2n) is 5.83. The van der Waals surface area contributed by atoms with Crippen LogP contribution in [0, 0.1) is 0 Å². The summed E-state index contributed by atoms with van der Waals surface area (Å²) in [5.41, 5.74) is 7.33. The third kappa shape index (κ3) is 4.43. The van der Waals surface area contributed by atoms with Gasteiger partial charge in [0.2, 0.25) is 10.0 Å². The molecule has 0 aliphatic carbocycles. The van der Waals surface area contributed by atoms with Crippen LogP contribution in [0.2, 0.25) is 0 Å². The summed E-state index contributed by atoms with van der Waals surface area (Å²) in [4.78, 5) is 0.243. The van der Waals surface area contributed by atoms with E-state index < -0.39 is 15.6 Å². The van der Waals surface area contributed by atoms with E-state index in [2.05, 4.69) is 4.72 Å². The van der Waals surface area contributed by atoms with Crippen LogP contribution in [0.1, 0.15) is 45.2 Å². The number of benzene rings is 1. The zero-order valence-electron chi connectivity index (χ0n) is 13.2. The highest BCUT2D eigenvalue weighted by atomic mass is 32.2. The largest absolute Gasteiger partial charge is 0.398 e. The van der Waals surface area contributed by atoms with Crippen LogP contribution in [0.3, 0.4) is 0 Å². The first-order chi connectivity index (χ1) is 9.66. The number of nitrogen functional groups attached to an aromatic ring is 1. The van der Waals surface area contributed by atoms with Crippen molar-refractivity contribution >= 4 is 15.7 Å². The number of hydrogen-bond donors (Lipinski definition) is 3. The summed E-state index contributed by atoms with van der Waals surface area (Å²) in [6.45, 7) is 7.27. The fraction of sp³-hybridized carbons (Fsp3) is 0.600. The minimum absolute atomic E-state index is 0.0761. The molecule has 1 aromatic rings. The summed E-state index contributed by atoms with van der Waals surface area (Å²) in [5.74, 6) is 0. The lowest BCUT2D eigenvalue weighted by Gasteiger charge is -2.26. The van der Waals surface area contributed by atoms with Gasteiger partial charge in [0.05, 0.1) is 4.90 Å². The minimum Gasteiger partial charge on any atom is -0.398 e. The lowest BCUT2D eigenvalue weighted by molar-refractivity contribution is 0.245. The molecule has 0 heterocycles. The van der Waals surface area contributed by atoms with Gasteiger partial charge in [0.1, 0.15) is 0 Å². The molecule has 120 valence electrons. The fourth-order valence-electron chi connectivity index (χ4n) is 2.30.